The zero-order valence-corrected chi connectivity index (χ0v) is 10.2. The molecule has 0 aliphatic carbocycles. The van der Waals surface area contributed by atoms with E-state index in [1.807, 2.05) is 24.9 Å². The molecule has 92 valence electrons. The van der Waals surface area contributed by atoms with Crippen LogP contribution in [-0.4, -0.2) is 47.5 Å². The summed E-state index contributed by atoms with van der Waals surface area (Å²) >= 11 is 0. The molecule has 2 heterocycles. The number of aryl methyl sites for hydroxylation is 1. The largest absolute Gasteiger partial charge is 0.368 e. The van der Waals surface area contributed by atoms with Crippen LogP contribution in [0.5, 0.6) is 0 Å². The molecule has 1 aromatic rings. The summed E-state index contributed by atoms with van der Waals surface area (Å²) in [5, 5.41) is 0. The lowest BCUT2D eigenvalue weighted by molar-refractivity contribution is -0.127. The van der Waals surface area contributed by atoms with Gasteiger partial charge in [0.15, 0.2) is 0 Å². The predicted octanol–water partition coefficient (Wildman–Crippen LogP) is 0.0357. The van der Waals surface area contributed by atoms with E-state index >= 15 is 0 Å². The number of aromatic nitrogens is 2. The van der Waals surface area contributed by atoms with Crippen LogP contribution in [0, 0.1) is 6.92 Å². The number of nitrogens with two attached hydrogens (primary N) is 1. The van der Waals surface area contributed by atoms with E-state index in [9.17, 15) is 4.79 Å². The summed E-state index contributed by atoms with van der Waals surface area (Å²) in [6.45, 7) is 3.82. The molecule has 1 fully saturated rings. The van der Waals surface area contributed by atoms with Crippen LogP contribution in [-0.2, 0) is 4.79 Å². The summed E-state index contributed by atoms with van der Waals surface area (Å²) in [5.41, 5.74) is 6.44. The average molecular weight is 235 g/mol. The first kappa shape index (κ1) is 11.6. The third-order valence-electron chi connectivity index (χ3n) is 2.86. The molecule has 1 aliphatic rings. The maximum absolute atomic E-state index is 11.8. The Morgan fingerprint density at radius 2 is 2.12 bits per heavy atom. The van der Waals surface area contributed by atoms with Crippen molar-refractivity contribution in [3.63, 3.8) is 0 Å². The van der Waals surface area contributed by atoms with E-state index in [0.717, 1.165) is 31.0 Å². The van der Waals surface area contributed by atoms with Crippen LogP contribution in [0.25, 0.3) is 0 Å². The van der Waals surface area contributed by atoms with Gasteiger partial charge in [-0.25, -0.2) is 4.98 Å². The van der Waals surface area contributed by atoms with Crippen LogP contribution >= 0.6 is 0 Å². The molecule has 0 unspecified atom stereocenters. The minimum absolute atomic E-state index is 0.109. The summed E-state index contributed by atoms with van der Waals surface area (Å²) in [6.07, 6.45) is 0.936. The second-order valence-corrected chi connectivity index (χ2v) is 4.32. The second-order valence-electron chi connectivity index (χ2n) is 4.32. The van der Waals surface area contributed by atoms with Crippen molar-refractivity contribution in [2.75, 3.05) is 37.3 Å². The highest BCUT2D eigenvalue weighted by Gasteiger charge is 2.20. The van der Waals surface area contributed by atoms with Crippen molar-refractivity contribution < 1.29 is 4.79 Å². The Hall–Kier alpha value is -1.85. The second kappa shape index (κ2) is 4.57. The number of amides is 1. The zero-order chi connectivity index (χ0) is 12.4. The number of hydrogen-bond donors (Lipinski definition) is 1. The fraction of sp³-hybridized carbons (Fsp3) is 0.545. The van der Waals surface area contributed by atoms with Gasteiger partial charge in [-0.1, -0.05) is 0 Å². The first-order valence-corrected chi connectivity index (χ1v) is 5.66. The Kier molecular flexibility index (Phi) is 3.12. The number of carbonyl (C=O) groups excluding carboxylic acids is 1. The molecular weight excluding hydrogens is 218 g/mol. The summed E-state index contributed by atoms with van der Waals surface area (Å²) in [4.78, 5) is 23.7. The highest BCUT2D eigenvalue weighted by atomic mass is 16.2. The molecule has 2 N–H and O–H groups in total. The molecule has 1 amide bonds. The van der Waals surface area contributed by atoms with E-state index in [1.165, 1.54) is 0 Å². The molecule has 6 heteroatoms. The molecule has 0 aromatic carbocycles. The molecule has 2 rings (SSSR count). The molecule has 0 radical (unpaired) electrons. The Morgan fingerprint density at radius 1 is 1.35 bits per heavy atom. The normalized spacial score (nSPS) is 17.2. The van der Waals surface area contributed by atoms with Gasteiger partial charge in [-0.2, -0.15) is 4.98 Å². The van der Waals surface area contributed by atoms with Gasteiger partial charge >= 0.3 is 0 Å². The molecular formula is C11H17N5O. The number of nitrogen functional groups attached to an aromatic ring is 1. The number of nitrogens with zero attached hydrogens (tertiary/aromatic N) is 4. The van der Waals surface area contributed by atoms with Gasteiger partial charge < -0.3 is 15.5 Å². The fourth-order valence-electron chi connectivity index (χ4n) is 1.92. The van der Waals surface area contributed by atoms with Crippen molar-refractivity contribution in [1.29, 1.82) is 0 Å². The summed E-state index contributed by atoms with van der Waals surface area (Å²) in [7, 11) is 1.82. The van der Waals surface area contributed by atoms with E-state index in [4.69, 9.17) is 5.73 Å². The van der Waals surface area contributed by atoms with Crippen LogP contribution in [0.15, 0.2) is 6.07 Å². The number of anilines is 2. The van der Waals surface area contributed by atoms with Gasteiger partial charge in [-0.05, 0) is 13.3 Å². The maximum Gasteiger partial charge on any atom is 0.241 e. The van der Waals surface area contributed by atoms with E-state index in [-0.39, 0.29) is 11.9 Å². The topological polar surface area (TPSA) is 75.3 Å². The number of likely N-dealkylation sites (N-methyl/N-ethyl adjacent to an activating group) is 1. The molecule has 6 nitrogen and oxygen atoms in total. The molecule has 0 spiro atoms. The summed E-state index contributed by atoms with van der Waals surface area (Å²) in [6, 6.07) is 1.86. The smallest absolute Gasteiger partial charge is 0.241 e. The lowest BCUT2D eigenvalue weighted by atomic mass is 10.3. The van der Waals surface area contributed by atoms with Crippen LogP contribution < -0.4 is 10.6 Å². The van der Waals surface area contributed by atoms with Crippen molar-refractivity contribution in [2.24, 2.45) is 0 Å². The minimum atomic E-state index is 0.109. The highest BCUT2D eigenvalue weighted by Crippen LogP contribution is 2.15. The first-order chi connectivity index (χ1) is 8.06. The number of rotatable bonds is 1. The van der Waals surface area contributed by atoms with Crippen molar-refractivity contribution in [3.05, 3.63) is 11.8 Å². The molecule has 0 saturated carbocycles. The zero-order valence-electron chi connectivity index (χ0n) is 10.2. The Bertz CT molecular complexity index is 414. The van der Waals surface area contributed by atoms with Crippen molar-refractivity contribution in [2.45, 2.75) is 13.3 Å². The van der Waals surface area contributed by atoms with Gasteiger partial charge in [0.2, 0.25) is 11.9 Å². The number of hydrogen-bond acceptors (Lipinski definition) is 5. The van der Waals surface area contributed by atoms with E-state index in [1.54, 1.807) is 4.90 Å². The molecule has 0 bridgehead atoms. The molecule has 1 aliphatic heterocycles. The van der Waals surface area contributed by atoms with E-state index in [2.05, 4.69) is 9.97 Å². The lowest BCUT2D eigenvalue weighted by Gasteiger charge is -2.21. The molecule has 0 atom stereocenters. The predicted molar refractivity (Wildman–Crippen MR) is 65.6 cm³/mol. The van der Waals surface area contributed by atoms with Crippen LogP contribution in [0.2, 0.25) is 0 Å². The van der Waals surface area contributed by atoms with Crippen molar-refractivity contribution in [3.8, 4) is 0 Å². The maximum atomic E-state index is 11.8. The quantitative estimate of drug-likeness (QED) is 0.743. The Balaban J connectivity index is 2.23. The third-order valence-corrected chi connectivity index (χ3v) is 2.86. The summed E-state index contributed by atoms with van der Waals surface area (Å²) < 4.78 is 0. The monoisotopic (exact) mass is 235 g/mol. The molecule has 17 heavy (non-hydrogen) atoms. The highest BCUT2D eigenvalue weighted by molar-refractivity contribution is 5.81. The first-order valence-electron chi connectivity index (χ1n) is 5.66. The van der Waals surface area contributed by atoms with Crippen LogP contribution in [0.1, 0.15) is 12.1 Å². The third kappa shape index (κ3) is 2.64. The van der Waals surface area contributed by atoms with E-state index < -0.39 is 0 Å². The average Bonchev–Trinajstić information content (AvgIpc) is 2.40. The number of carbonyl (C=O) groups is 1. The van der Waals surface area contributed by atoms with E-state index in [0.29, 0.717) is 6.54 Å². The summed E-state index contributed by atoms with van der Waals surface area (Å²) in [5.74, 6) is 1.10. The molecule has 1 aromatic heterocycles. The fourth-order valence-corrected chi connectivity index (χ4v) is 1.92. The van der Waals surface area contributed by atoms with Gasteiger partial charge in [0.25, 0.3) is 0 Å². The van der Waals surface area contributed by atoms with Gasteiger partial charge in [-0.3, -0.25) is 4.79 Å². The minimum Gasteiger partial charge on any atom is -0.368 e. The van der Waals surface area contributed by atoms with Crippen molar-refractivity contribution >= 4 is 17.7 Å². The van der Waals surface area contributed by atoms with Gasteiger partial charge in [0, 0.05) is 31.9 Å². The van der Waals surface area contributed by atoms with Crippen LogP contribution in [0.3, 0.4) is 0 Å². The SMILES string of the molecule is Cc1cc(N2CCCN(C)C(=O)C2)nc(N)n1. The van der Waals surface area contributed by atoms with Crippen molar-refractivity contribution in [1.82, 2.24) is 14.9 Å². The van der Waals surface area contributed by atoms with Crippen LogP contribution in [0.4, 0.5) is 11.8 Å². The molecule has 1 saturated heterocycles. The Labute approximate surface area is 100 Å². The lowest BCUT2D eigenvalue weighted by Crippen LogP contribution is -2.34. The Morgan fingerprint density at radius 3 is 2.82 bits per heavy atom. The van der Waals surface area contributed by atoms with Gasteiger partial charge in [-0.15, -0.1) is 0 Å². The van der Waals surface area contributed by atoms with Gasteiger partial charge in [0.1, 0.15) is 5.82 Å². The standard InChI is InChI=1S/C11H17N5O/c1-8-6-9(14-11(12)13-8)16-5-3-4-15(2)10(17)7-16/h6H,3-5,7H2,1-2H3,(H2,12,13,14). The van der Waals surface area contributed by atoms with Gasteiger partial charge in [0.05, 0.1) is 6.54 Å².